The molecule has 1 saturated heterocycles. The van der Waals surface area contributed by atoms with Gasteiger partial charge in [0.15, 0.2) is 5.96 Å². The number of guanidine groups is 1. The smallest absolute Gasteiger partial charge is 0.191 e. The minimum atomic E-state index is 0. The number of nitrogens with one attached hydrogen (secondary N) is 2. The van der Waals surface area contributed by atoms with E-state index in [1.807, 2.05) is 7.05 Å². The molecule has 0 aromatic heterocycles. The number of hydrogen-bond acceptors (Lipinski definition) is 3. The minimum absolute atomic E-state index is 0. The lowest BCUT2D eigenvalue weighted by Gasteiger charge is -2.44. The first-order valence-electron chi connectivity index (χ1n) is 9.86. The lowest BCUT2D eigenvalue weighted by molar-refractivity contribution is -0.00502. The molecule has 152 valence electrons. The quantitative estimate of drug-likeness (QED) is 0.369. The van der Waals surface area contributed by atoms with Gasteiger partial charge in [-0.2, -0.15) is 0 Å². The highest BCUT2D eigenvalue weighted by atomic mass is 127. The molecule has 1 aromatic carbocycles. The molecule has 0 unspecified atom stereocenters. The summed E-state index contributed by atoms with van der Waals surface area (Å²) in [5.41, 5.74) is 1.85. The number of likely N-dealkylation sites (N-methyl/N-ethyl adjacent to an activating group) is 1. The van der Waals surface area contributed by atoms with Crippen LogP contribution in [0.5, 0.6) is 0 Å². The summed E-state index contributed by atoms with van der Waals surface area (Å²) in [6, 6.07) is 10.9. The Morgan fingerprint density at radius 1 is 1.04 bits per heavy atom. The Morgan fingerprint density at radius 2 is 1.67 bits per heavy atom. The van der Waals surface area contributed by atoms with E-state index in [9.17, 15) is 0 Å². The topological polar surface area (TPSA) is 48.9 Å². The fraction of sp³-hybridized carbons (Fsp3) is 0.667. The van der Waals surface area contributed by atoms with Crippen LogP contribution in [0, 0.1) is 0 Å². The van der Waals surface area contributed by atoms with E-state index >= 15 is 0 Å². The van der Waals surface area contributed by atoms with Crippen molar-refractivity contribution in [2.45, 2.75) is 43.1 Å². The van der Waals surface area contributed by atoms with Crippen molar-refractivity contribution in [1.82, 2.24) is 15.5 Å². The monoisotopic (exact) mass is 486 g/mol. The Balaban J connectivity index is 0.00000261. The zero-order valence-corrected chi connectivity index (χ0v) is 19.3. The average Bonchev–Trinajstić information content (AvgIpc) is 2.64. The zero-order chi connectivity index (χ0) is 18.5. The highest BCUT2D eigenvalue weighted by Crippen LogP contribution is 2.43. The molecule has 1 aromatic rings. The van der Waals surface area contributed by atoms with Crippen molar-refractivity contribution < 1.29 is 4.74 Å². The largest absolute Gasteiger partial charge is 0.381 e. The van der Waals surface area contributed by atoms with Gasteiger partial charge in [0.1, 0.15) is 0 Å². The number of nitrogens with zero attached hydrogens (tertiary/aromatic N) is 2. The van der Waals surface area contributed by atoms with Gasteiger partial charge in [0.05, 0.1) is 0 Å². The van der Waals surface area contributed by atoms with Gasteiger partial charge in [-0.05, 0) is 45.3 Å². The van der Waals surface area contributed by atoms with Crippen LogP contribution in [0.1, 0.15) is 37.7 Å². The van der Waals surface area contributed by atoms with Gasteiger partial charge in [-0.1, -0.05) is 36.8 Å². The Labute approximate surface area is 181 Å². The molecule has 3 rings (SSSR count). The molecule has 0 amide bonds. The molecule has 1 heterocycles. The first-order valence-corrected chi connectivity index (χ1v) is 9.86. The minimum Gasteiger partial charge on any atom is -0.381 e. The first-order chi connectivity index (χ1) is 12.6. The van der Waals surface area contributed by atoms with E-state index in [1.54, 1.807) is 0 Å². The molecule has 1 aliphatic heterocycles. The summed E-state index contributed by atoms with van der Waals surface area (Å²) in [4.78, 5) is 6.80. The maximum atomic E-state index is 5.57. The second-order valence-electron chi connectivity index (χ2n) is 8.01. The highest BCUT2D eigenvalue weighted by Gasteiger charge is 2.39. The molecule has 2 aliphatic rings. The van der Waals surface area contributed by atoms with Crippen LogP contribution in [0.4, 0.5) is 0 Å². The van der Waals surface area contributed by atoms with Crippen molar-refractivity contribution in [2.75, 3.05) is 47.4 Å². The molecule has 0 radical (unpaired) electrons. The van der Waals surface area contributed by atoms with Crippen molar-refractivity contribution >= 4 is 29.9 Å². The van der Waals surface area contributed by atoms with Crippen LogP contribution in [0.15, 0.2) is 35.3 Å². The molecule has 6 heteroatoms. The van der Waals surface area contributed by atoms with Gasteiger partial charge in [0.25, 0.3) is 0 Å². The van der Waals surface area contributed by atoms with Crippen LogP contribution in [-0.2, 0) is 10.2 Å². The maximum Gasteiger partial charge on any atom is 0.191 e. The van der Waals surface area contributed by atoms with E-state index in [0.717, 1.165) is 45.1 Å². The van der Waals surface area contributed by atoms with Gasteiger partial charge in [-0.25, -0.2) is 0 Å². The molecule has 2 fully saturated rings. The summed E-state index contributed by atoms with van der Waals surface area (Å²) in [7, 11) is 6.20. The zero-order valence-electron chi connectivity index (χ0n) is 17.0. The summed E-state index contributed by atoms with van der Waals surface area (Å²) in [5, 5.41) is 7.17. The number of benzene rings is 1. The molecular formula is C21H35IN4O. The average molecular weight is 486 g/mol. The Kier molecular flexibility index (Phi) is 8.37. The fourth-order valence-electron chi connectivity index (χ4n) is 4.22. The molecule has 27 heavy (non-hydrogen) atoms. The molecule has 1 saturated carbocycles. The molecule has 1 aliphatic carbocycles. The molecule has 0 atom stereocenters. The van der Waals surface area contributed by atoms with Gasteiger partial charge in [0.2, 0.25) is 0 Å². The van der Waals surface area contributed by atoms with E-state index in [1.165, 1.54) is 24.8 Å². The number of ether oxygens (including phenoxy) is 1. The van der Waals surface area contributed by atoms with Crippen molar-refractivity contribution in [3.05, 3.63) is 35.9 Å². The molecule has 5 nitrogen and oxygen atoms in total. The Morgan fingerprint density at radius 3 is 2.19 bits per heavy atom. The Hall–Kier alpha value is -0.860. The van der Waals surface area contributed by atoms with Gasteiger partial charge >= 0.3 is 0 Å². The SMILES string of the molecule is CN=C(NCC1(c2ccccc2)CCC1)NCC1(N(C)C)CCOCC1.I. The van der Waals surface area contributed by atoms with Crippen LogP contribution in [-0.4, -0.2) is 63.8 Å². The van der Waals surface area contributed by atoms with Crippen LogP contribution in [0.3, 0.4) is 0 Å². The Bertz CT molecular complexity index is 595. The van der Waals surface area contributed by atoms with Crippen LogP contribution in [0.2, 0.25) is 0 Å². The van der Waals surface area contributed by atoms with Crippen LogP contribution in [0.25, 0.3) is 0 Å². The molecule has 0 spiro atoms. The third-order valence-electron chi connectivity index (χ3n) is 6.47. The summed E-state index contributed by atoms with van der Waals surface area (Å²) in [5.74, 6) is 0.903. The third kappa shape index (κ3) is 5.15. The summed E-state index contributed by atoms with van der Waals surface area (Å²) in [6.45, 7) is 3.50. The van der Waals surface area contributed by atoms with Crippen LogP contribution < -0.4 is 10.6 Å². The van der Waals surface area contributed by atoms with Crippen molar-refractivity contribution in [3.8, 4) is 0 Å². The third-order valence-corrected chi connectivity index (χ3v) is 6.47. The molecular weight excluding hydrogens is 451 g/mol. The van der Waals surface area contributed by atoms with Crippen molar-refractivity contribution in [1.29, 1.82) is 0 Å². The van der Waals surface area contributed by atoms with E-state index in [4.69, 9.17) is 4.74 Å². The summed E-state index contributed by atoms with van der Waals surface area (Å²) in [6.07, 6.45) is 5.92. The normalized spacial score (nSPS) is 21.1. The first kappa shape index (κ1) is 22.4. The van der Waals surface area contributed by atoms with E-state index in [-0.39, 0.29) is 34.9 Å². The standard InChI is InChI=1S/C21H34N4O.HI/c1-22-19(24-17-21(25(2)3)12-14-26-15-13-21)23-16-20(10-7-11-20)18-8-5-4-6-9-18;/h4-6,8-9H,7,10-17H2,1-3H3,(H2,22,23,24);1H. The highest BCUT2D eigenvalue weighted by molar-refractivity contribution is 14.0. The lowest BCUT2D eigenvalue weighted by Crippen LogP contribution is -2.58. The predicted octanol–water partition coefficient (Wildman–Crippen LogP) is 3.00. The summed E-state index contributed by atoms with van der Waals surface area (Å²) < 4.78 is 5.57. The molecule has 2 N–H and O–H groups in total. The number of hydrogen-bond donors (Lipinski definition) is 2. The van der Waals surface area contributed by atoms with E-state index in [2.05, 4.69) is 65.0 Å². The number of halogens is 1. The van der Waals surface area contributed by atoms with Crippen molar-refractivity contribution in [2.24, 2.45) is 4.99 Å². The molecule has 0 bridgehead atoms. The fourth-order valence-corrected chi connectivity index (χ4v) is 4.22. The van der Waals surface area contributed by atoms with Crippen molar-refractivity contribution in [3.63, 3.8) is 0 Å². The second-order valence-corrected chi connectivity index (χ2v) is 8.01. The van der Waals surface area contributed by atoms with Gasteiger partial charge in [0, 0.05) is 44.3 Å². The van der Waals surface area contributed by atoms with E-state index in [0.29, 0.717) is 0 Å². The van der Waals surface area contributed by atoms with Crippen LogP contribution >= 0.6 is 24.0 Å². The summed E-state index contributed by atoms with van der Waals surface area (Å²) >= 11 is 0. The van der Waals surface area contributed by atoms with Gasteiger partial charge < -0.3 is 20.3 Å². The number of aliphatic imine (C=N–C) groups is 1. The predicted molar refractivity (Wildman–Crippen MR) is 123 cm³/mol. The van der Waals surface area contributed by atoms with E-state index < -0.39 is 0 Å². The second kappa shape index (κ2) is 10.1. The number of rotatable bonds is 6. The maximum absolute atomic E-state index is 5.57. The lowest BCUT2D eigenvalue weighted by atomic mass is 9.64. The van der Waals surface area contributed by atoms with Gasteiger partial charge in [-0.15, -0.1) is 24.0 Å². The van der Waals surface area contributed by atoms with Gasteiger partial charge in [-0.3, -0.25) is 4.99 Å².